The Balaban J connectivity index is 0. The minimum Gasteiger partial charge on any atom is -1.00 e. The van der Waals surface area contributed by atoms with E-state index >= 15 is 0 Å². The molecule has 0 unspecified atom stereocenters. The fourth-order valence-corrected chi connectivity index (χ4v) is 5.84. The second-order valence-corrected chi connectivity index (χ2v) is 8.30. The highest BCUT2D eigenvalue weighted by atomic mass is 35.5. The maximum atomic E-state index is 5.96. The van der Waals surface area contributed by atoms with Gasteiger partial charge in [-0.15, -0.1) is 0 Å². The molecule has 0 saturated carbocycles. The maximum Gasteiger partial charge on any atom is 0.145 e. The molecule has 0 N–H and O–H groups in total. The molecule has 1 nitrogen and oxygen atoms in total. The smallest absolute Gasteiger partial charge is 0.145 e. The second-order valence-electron chi connectivity index (χ2n) is 4.47. The van der Waals surface area contributed by atoms with Crippen LogP contribution in [-0.2, 0) is 4.52 Å². The van der Waals surface area contributed by atoms with E-state index in [0.29, 0.717) is 0 Å². The number of hydrogen-bond acceptors (Lipinski definition) is 1. The molecule has 0 aromatic heterocycles. The zero-order valence-corrected chi connectivity index (χ0v) is 13.2. The molecule has 0 aliphatic rings. The lowest BCUT2D eigenvalue weighted by molar-refractivity contribution is -0.00000407. The van der Waals surface area contributed by atoms with Crippen LogP contribution in [0.15, 0.2) is 0 Å². The van der Waals surface area contributed by atoms with Gasteiger partial charge in [0.25, 0.3) is 0 Å². The summed E-state index contributed by atoms with van der Waals surface area (Å²) in [7, 11) is 0.927. The molecule has 100 valence electrons. The van der Waals surface area contributed by atoms with Crippen molar-refractivity contribution in [2.24, 2.45) is 0 Å². The summed E-state index contributed by atoms with van der Waals surface area (Å²) in [6, 6.07) is 0. The van der Waals surface area contributed by atoms with Gasteiger partial charge < -0.3 is 12.4 Å². The molecule has 3 heteroatoms. The van der Waals surface area contributed by atoms with Crippen molar-refractivity contribution in [3.63, 3.8) is 0 Å². The van der Waals surface area contributed by atoms with Crippen LogP contribution in [0, 0.1) is 0 Å². The van der Waals surface area contributed by atoms with Crippen LogP contribution in [0.1, 0.15) is 59.3 Å². The number of rotatable bonds is 10. The van der Waals surface area contributed by atoms with Gasteiger partial charge in [0.1, 0.15) is 7.49 Å². The van der Waals surface area contributed by atoms with Gasteiger partial charge in [0.05, 0.1) is 25.6 Å². The van der Waals surface area contributed by atoms with Gasteiger partial charge in [-0.2, -0.15) is 0 Å². The molecule has 16 heavy (non-hydrogen) atoms. The summed E-state index contributed by atoms with van der Waals surface area (Å²) >= 11 is 0. The first kappa shape index (κ1) is 19.0. The lowest BCUT2D eigenvalue weighted by Gasteiger charge is -2.24. The van der Waals surface area contributed by atoms with Crippen molar-refractivity contribution < 1.29 is 16.9 Å². The first-order chi connectivity index (χ1) is 7.24. The van der Waals surface area contributed by atoms with Gasteiger partial charge in [0.15, 0.2) is 0 Å². The Bertz CT molecular complexity index is 120. The molecule has 0 aliphatic heterocycles. The SMILES string of the molecule is CCCC[P+](CCCC)(CCCC)OC.[Cl-]. The third-order valence-corrected chi connectivity index (χ3v) is 7.31. The Hall–Kier alpha value is 0.680. The zero-order chi connectivity index (χ0) is 11.6. The van der Waals surface area contributed by atoms with Crippen LogP contribution in [0.25, 0.3) is 0 Å². The molecule has 0 amide bonds. The minimum absolute atomic E-state index is 0. The van der Waals surface area contributed by atoms with E-state index in [0.717, 1.165) is 0 Å². The van der Waals surface area contributed by atoms with Crippen LogP contribution in [0.5, 0.6) is 0 Å². The van der Waals surface area contributed by atoms with Crippen LogP contribution >= 0.6 is 7.49 Å². The van der Waals surface area contributed by atoms with E-state index in [1.165, 1.54) is 57.0 Å². The average Bonchev–Trinajstić information content (AvgIpc) is 2.29. The molecule has 0 bridgehead atoms. The van der Waals surface area contributed by atoms with Crippen molar-refractivity contribution >= 4 is 7.49 Å². The van der Waals surface area contributed by atoms with Crippen molar-refractivity contribution in [2.75, 3.05) is 25.6 Å². The third kappa shape index (κ3) is 7.87. The largest absolute Gasteiger partial charge is 1.00 e. The Labute approximate surface area is 110 Å². The molecular formula is C13H30ClOP. The van der Waals surface area contributed by atoms with Crippen molar-refractivity contribution in [1.29, 1.82) is 0 Å². The summed E-state index contributed by atoms with van der Waals surface area (Å²) in [5.41, 5.74) is 0. The van der Waals surface area contributed by atoms with Crippen LogP contribution in [0.3, 0.4) is 0 Å². The van der Waals surface area contributed by atoms with E-state index in [1.807, 2.05) is 7.11 Å². The number of hydrogen-bond donors (Lipinski definition) is 0. The number of unbranched alkanes of at least 4 members (excludes halogenated alkanes) is 3. The van der Waals surface area contributed by atoms with Crippen LogP contribution in [0.4, 0.5) is 0 Å². The van der Waals surface area contributed by atoms with Crippen LogP contribution in [0.2, 0.25) is 0 Å². The first-order valence-electron chi connectivity index (χ1n) is 6.66. The quantitative estimate of drug-likeness (QED) is 0.551. The molecule has 0 atom stereocenters. The van der Waals surface area contributed by atoms with Gasteiger partial charge in [0.2, 0.25) is 0 Å². The second kappa shape index (κ2) is 12.1. The Kier molecular flexibility index (Phi) is 14.4. The highest BCUT2D eigenvalue weighted by Crippen LogP contribution is 2.61. The first-order valence-corrected chi connectivity index (χ1v) is 8.92. The minimum atomic E-state index is -1.03. The highest BCUT2D eigenvalue weighted by molar-refractivity contribution is 7.71. The van der Waals surface area contributed by atoms with Crippen molar-refractivity contribution in [3.8, 4) is 0 Å². The molecule has 0 fully saturated rings. The molecule has 0 spiro atoms. The lowest BCUT2D eigenvalue weighted by atomic mass is 10.4. The standard InChI is InChI=1S/C13H30OP.ClH/c1-5-8-11-15(14-4,12-9-6-2)13-10-7-3;/h5-13H2,1-4H3;1H/q+1;/p-1. The van der Waals surface area contributed by atoms with Gasteiger partial charge in [-0.3, -0.25) is 0 Å². The molecule has 0 aromatic rings. The lowest BCUT2D eigenvalue weighted by Crippen LogP contribution is -3.00. The summed E-state index contributed by atoms with van der Waals surface area (Å²) < 4.78 is 5.96. The molecule has 0 heterocycles. The van der Waals surface area contributed by atoms with Crippen LogP contribution in [-0.4, -0.2) is 25.6 Å². The Morgan fingerprint density at radius 2 is 1.06 bits per heavy atom. The topological polar surface area (TPSA) is 9.23 Å². The van der Waals surface area contributed by atoms with Crippen molar-refractivity contribution in [3.05, 3.63) is 0 Å². The van der Waals surface area contributed by atoms with E-state index in [1.54, 1.807) is 0 Å². The monoisotopic (exact) mass is 268 g/mol. The summed E-state index contributed by atoms with van der Waals surface area (Å²) in [5.74, 6) is 0. The Morgan fingerprint density at radius 1 is 0.750 bits per heavy atom. The average molecular weight is 269 g/mol. The van der Waals surface area contributed by atoms with E-state index < -0.39 is 7.49 Å². The fraction of sp³-hybridized carbons (Fsp3) is 1.00. The van der Waals surface area contributed by atoms with E-state index in [4.69, 9.17) is 4.52 Å². The molecule has 0 aromatic carbocycles. The van der Waals surface area contributed by atoms with E-state index in [-0.39, 0.29) is 12.4 Å². The highest BCUT2D eigenvalue weighted by Gasteiger charge is 2.35. The molecule has 0 aliphatic carbocycles. The van der Waals surface area contributed by atoms with Gasteiger partial charge in [-0.25, -0.2) is 4.52 Å². The Morgan fingerprint density at radius 3 is 1.25 bits per heavy atom. The summed E-state index contributed by atoms with van der Waals surface area (Å²) in [6.45, 7) is 6.85. The van der Waals surface area contributed by atoms with Gasteiger partial charge in [-0.1, -0.05) is 40.0 Å². The summed E-state index contributed by atoms with van der Waals surface area (Å²) in [6.07, 6.45) is 12.1. The predicted molar refractivity (Wildman–Crippen MR) is 73.3 cm³/mol. The van der Waals surface area contributed by atoms with Gasteiger partial charge in [0, 0.05) is 0 Å². The van der Waals surface area contributed by atoms with Gasteiger partial charge in [-0.05, 0) is 19.3 Å². The summed E-state index contributed by atoms with van der Waals surface area (Å²) in [4.78, 5) is 0. The predicted octanol–water partition coefficient (Wildman–Crippen LogP) is 1.97. The van der Waals surface area contributed by atoms with E-state index in [2.05, 4.69) is 20.8 Å². The zero-order valence-electron chi connectivity index (χ0n) is 11.6. The van der Waals surface area contributed by atoms with Crippen LogP contribution < -0.4 is 12.4 Å². The van der Waals surface area contributed by atoms with Crippen molar-refractivity contribution in [1.82, 2.24) is 0 Å². The maximum absolute atomic E-state index is 5.96. The number of halogens is 1. The normalized spacial score (nSPS) is 11.2. The fourth-order valence-electron chi connectivity index (χ4n) is 1.95. The molecule has 0 saturated heterocycles. The summed E-state index contributed by atoms with van der Waals surface area (Å²) in [5, 5.41) is 0. The third-order valence-electron chi connectivity index (χ3n) is 3.14. The van der Waals surface area contributed by atoms with E-state index in [9.17, 15) is 0 Å². The molecule has 0 radical (unpaired) electrons. The van der Waals surface area contributed by atoms with Crippen molar-refractivity contribution in [2.45, 2.75) is 59.3 Å². The molecule has 0 rings (SSSR count). The van der Waals surface area contributed by atoms with Gasteiger partial charge >= 0.3 is 0 Å². The molecular weight excluding hydrogens is 239 g/mol.